The molecular formula is C44H50N6O14S2. The van der Waals surface area contributed by atoms with E-state index in [-0.39, 0.29) is 58.5 Å². The fraction of sp³-hybridized carbons (Fsp3) is 0.477. The minimum atomic E-state index is -1.42. The standard InChI is InChI=1S/C44H50N6O14S2/c1-17-31(48-32(43(61)62)35(17)65-25-13-27(45-15-25)37(53)46-23-9-5-7-21(11-23)41(57)58)29(19(3)51)39(55)49-16-26(14-28(49)38(54)47-24-10-6-8-22(12-24)42(59)60)66-36-18(2)33-30(20(4)52)40(56)50(33)34(36)44(63)64/h5-12,17-20,25-31,33,35,45,51-52H,13-16H2,1-4H3,(H,46,53)(H,47,54)(H,57,58)(H,59,60)(H,61,62)(H,63,64)/t17-,18-,19-,20-,25+,26+,27+,28+,29-,30-,31-,33-,35?/m1/s1. The van der Waals surface area contributed by atoms with Crippen LogP contribution in [0.2, 0.25) is 0 Å². The van der Waals surface area contributed by atoms with Gasteiger partial charge in [0, 0.05) is 45.8 Å². The fourth-order valence-electron chi connectivity index (χ4n) is 9.74. The average Bonchev–Trinajstić information content (AvgIpc) is 4.03. The second-order valence-electron chi connectivity index (χ2n) is 17.3. The van der Waals surface area contributed by atoms with Gasteiger partial charge in [-0.25, -0.2) is 19.2 Å². The number of aliphatic carboxylic acids is 2. The van der Waals surface area contributed by atoms with Crippen LogP contribution >= 0.6 is 23.5 Å². The minimum absolute atomic E-state index is 0.00740. The number of aliphatic hydroxyl groups is 2. The van der Waals surface area contributed by atoms with Gasteiger partial charge in [0.25, 0.3) is 0 Å². The fourth-order valence-corrected chi connectivity index (χ4v) is 12.9. The Balaban J connectivity index is 1.12. The van der Waals surface area contributed by atoms with E-state index in [2.05, 4.69) is 20.9 Å². The van der Waals surface area contributed by atoms with Gasteiger partial charge in [-0.15, -0.1) is 23.5 Å². The van der Waals surface area contributed by atoms with E-state index in [1.807, 2.05) is 0 Å². The molecule has 2 aromatic carbocycles. The Morgan fingerprint density at radius 2 is 1.42 bits per heavy atom. The molecule has 0 aromatic heterocycles. The number of aliphatic hydroxyl groups excluding tert-OH is 2. The summed E-state index contributed by atoms with van der Waals surface area (Å²) >= 11 is 2.36. The van der Waals surface area contributed by atoms with Gasteiger partial charge in [0.1, 0.15) is 17.5 Å². The van der Waals surface area contributed by atoms with Crippen LogP contribution in [0, 0.1) is 23.7 Å². The molecule has 7 rings (SSSR count). The van der Waals surface area contributed by atoms with Crippen LogP contribution in [-0.2, 0) is 28.8 Å². The second-order valence-corrected chi connectivity index (χ2v) is 20.1. The number of aliphatic imine (C=N–C) groups is 1. The van der Waals surface area contributed by atoms with Crippen LogP contribution in [0.4, 0.5) is 11.4 Å². The number of rotatable bonds is 16. The van der Waals surface area contributed by atoms with Crippen molar-refractivity contribution in [3.8, 4) is 0 Å². The lowest BCUT2D eigenvalue weighted by molar-refractivity contribution is -0.163. The maximum atomic E-state index is 15.0. The van der Waals surface area contributed by atoms with Gasteiger partial charge in [-0.1, -0.05) is 26.0 Å². The van der Waals surface area contributed by atoms with Crippen molar-refractivity contribution in [1.29, 1.82) is 0 Å². The van der Waals surface area contributed by atoms with Crippen molar-refractivity contribution >= 4 is 88.1 Å². The lowest BCUT2D eigenvalue weighted by Crippen LogP contribution is -2.63. The summed E-state index contributed by atoms with van der Waals surface area (Å²) in [5.74, 6) is -10.9. The van der Waals surface area contributed by atoms with Crippen molar-refractivity contribution in [2.45, 2.75) is 92.7 Å². The van der Waals surface area contributed by atoms with Gasteiger partial charge in [-0.2, -0.15) is 0 Å². The van der Waals surface area contributed by atoms with Crippen molar-refractivity contribution < 1.29 is 69.0 Å². The second kappa shape index (κ2) is 19.2. The topological polar surface area (TPSA) is 313 Å². The third-order valence-corrected chi connectivity index (χ3v) is 16.1. The maximum absolute atomic E-state index is 15.0. The number of benzene rings is 2. The first-order chi connectivity index (χ1) is 31.2. The summed E-state index contributed by atoms with van der Waals surface area (Å²) in [7, 11) is 0. The van der Waals surface area contributed by atoms with Crippen molar-refractivity contribution in [1.82, 2.24) is 15.1 Å². The molecule has 5 heterocycles. The molecule has 4 amide bonds. The third-order valence-electron chi connectivity index (χ3n) is 12.9. The van der Waals surface area contributed by atoms with E-state index in [1.165, 1.54) is 77.9 Å². The summed E-state index contributed by atoms with van der Waals surface area (Å²) in [5, 5.41) is 68.1. The monoisotopic (exact) mass is 950 g/mol. The molecule has 1 unspecified atom stereocenters. The summed E-state index contributed by atoms with van der Waals surface area (Å²) in [5.41, 5.74) is -0.195. The van der Waals surface area contributed by atoms with Crippen molar-refractivity contribution in [2.75, 3.05) is 23.7 Å². The van der Waals surface area contributed by atoms with E-state index >= 15 is 0 Å². The predicted molar refractivity (Wildman–Crippen MR) is 240 cm³/mol. The Hall–Kier alpha value is -5.81. The number of carboxylic acid groups (broad SMARTS) is 4. The summed E-state index contributed by atoms with van der Waals surface area (Å²) in [6, 6.07) is 7.59. The molecule has 66 heavy (non-hydrogen) atoms. The number of thioether (sulfide) groups is 2. The first-order valence-electron chi connectivity index (χ1n) is 21.3. The van der Waals surface area contributed by atoms with Crippen molar-refractivity contribution in [3.63, 3.8) is 0 Å². The SMILES string of the molecule is C[C@@H](O)[C@@H](C(=O)N1C[C@@H](SC2=C(C(=O)O)N3C(=O)[C@H]([C@@H](C)O)[C@H]3[C@H]2C)C[C@H]1C(=O)Nc1cccc(C(=O)O)c1)[C@@H]1N=C(C(=O)O)C(S[C@@H]2CN[C@H](C(=O)Nc3cccc(C(=O)O)c3)C2)[C@@H]1C. The third kappa shape index (κ3) is 9.28. The molecule has 0 bridgehead atoms. The molecule has 20 nitrogen and oxygen atoms in total. The summed E-state index contributed by atoms with van der Waals surface area (Å²) in [6.45, 7) is 6.43. The van der Waals surface area contributed by atoms with Crippen LogP contribution < -0.4 is 16.0 Å². The number of likely N-dealkylation sites (tertiary alicyclic amines) is 1. The van der Waals surface area contributed by atoms with Gasteiger partial charge < -0.3 is 56.4 Å². The van der Waals surface area contributed by atoms with Crippen LogP contribution in [0.5, 0.6) is 0 Å². The number of anilines is 2. The van der Waals surface area contributed by atoms with E-state index in [9.17, 15) is 69.0 Å². The van der Waals surface area contributed by atoms with Crippen molar-refractivity contribution in [2.24, 2.45) is 28.7 Å². The van der Waals surface area contributed by atoms with Crippen LogP contribution in [0.3, 0.4) is 0 Å². The number of hydrogen-bond donors (Lipinski definition) is 9. The Kier molecular flexibility index (Phi) is 14.0. The molecule has 0 saturated carbocycles. The first kappa shape index (κ1) is 48.1. The number of β-lactam (4-membered cyclic amide) rings is 1. The largest absolute Gasteiger partial charge is 0.478 e. The molecule has 2 aromatic rings. The van der Waals surface area contributed by atoms with Gasteiger partial charge >= 0.3 is 23.9 Å². The number of carboxylic acids is 4. The summed E-state index contributed by atoms with van der Waals surface area (Å²) in [6.07, 6.45) is -2.22. The molecule has 0 aliphatic carbocycles. The molecule has 3 saturated heterocycles. The van der Waals surface area contributed by atoms with E-state index in [1.54, 1.807) is 19.9 Å². The molecule has 9 N–H and O–H groups in total. The number of nitrogens with zero attached hydrogens (tertiary/aromatic N) is 3. The molecule has 3 fully saturated rings. The van der Waals surface area contributed by atoms with Crippen molar-refractivity contribution in [3.05, 3.63) is 70.3 Å². The van der Waals surface area contributed by atoms with Gasteiger partial charge in [-0.3, -0.25) is 24.2 Å². The van der Waals surface area contributed by atoms with Crippen LogP contribution in [-0.4, -0.2) is 159 Å². The highest BCUT2D eigenvalue weighted by Crippen LogP contribution is 2.52. The number of amides is 4. The Morgan fingerprint density at radius 1 is 0.818 bits per heavy atom. The van der Waals surface area contributed by atoms with Crippen LogP contribution in [0.1, 0.15) is 61.3 Å². The van der Waals surface area contributed by atoms with E-state index < -0.39 is 118 Å². The number of fused-ring (bicyclic) bond motifs is 1. The number of nitrogens with one attached hydrogen (secondary N) is 3. The molecule has 352 valence electrons. The Bertz CT molecular complexity index is 2430. The molecular weight excluding hydrogens is 901 g/mol. The van der Waals surface area contributed by atoms with E-state index in [0.29, 0.717) is 11.4 Å². The highest BCUT2D eigenvalue weighted by atomic mass is 32.2. The van der Waals surface area contributed by atoms with Crippen LogP contribution in [0.25, 0.3) is 0 Å². The Labute approximate surface area is 386 Å². The lowest BCUT2D eigenvalue weighted by atomic mass is 9.79. The Morgan fingerprint density at radius 3 is 1.97 bits per heavy atom. The molecule has 5 aliphatic rings. The quantitative estimate of drug-likeness (QED) is 0.109. The number of aromatic carboxylic acids is 2. The molecule has 0 spiro atoms. The maximum Gasteiger partial charge on any atom is 0.353 e. The highest BCUT2D eigenvalue weighted by Gasteiger charge is 2.61. The van der Waals surface area contributed by atoms with Gasteiger partial charge in [0.05, 0.1) is 58.5 Å². The van der Waals surface area contributed by atoms with Gasteiger partial charge in [0.2, 0.25) is 23.6 Å². The summed E-state index contributed by atoms with van der Waals surface area (Å²) < 4.78 is 0. The zero-order valence-electron chi connectivity index (χ0n) is 36.1. The molecule has 0 radical (unpaired) electrons. The highest BCUT2D eigenvalue weighted by molar-refractivity contribution is 8.03. The van der Waals surface area contributed by atoms with Gasteiger partial charge in [0.15, 0.2) is 0 Å². The van der Waals surface area contributed by atoms with Crippen LogP contribution in [0.15, 0.2) is 64.1 Å². The van der Waals surface area contributed by atoms with Gasteiger partial charge in [-0.05, 0) is 69.0 Å². The predicted octanol–water partition coefficient (Wildman–Crippen LogP) is 1.89. The zero-order chi connectivity index (χ0) is 48.0. The molecule has 22 heteroatoms. The number of carbonyl (C=O) groups is 8. The average molecular weight is 951 g/mol. The molecule has 13 atom stereocenters. The smallest absolute Gasteiger partial charge is 0.353 e. The first-order valence-corrected chi connectivity index (χ1v) is 23.1. The zero-order valence-corrected chi connectivity index (χ0v) is 37.7. The lowest BCUT2D eigenvalue weighted by Gasteiger charge is -2.46. The normalized spacial score (nSPS) is 29.4. The number of hydrogen-bond acceptors (Lipinski definition) is 14. The van der Waals surface area contributed by atoms with E-state index in [0.717, 1.165) is 11.8 Å². The van der Waals surface area contributed by atoms with E-state index in [4.69, 9.17) is 0 Å². The molecule has 5 aliphatic heterocycles. The summed E-state index contributed by atoms with van der Waals surface area (Å²) in [4.78, 5) is 111. The minimum Gasteiger partial charge on any atom is -0.478 e. The number of carbonyl (C=O) groups excluding carboxylic acids is 4.